The molecule has 234 valence electrons. The molecule has 3 aromatic rings. The van der Waals surface area contributed by atoms with Crippen LogP contribution in [0.1, 0.15) is 46.3 Å². The lowest BCUT2D eigenvalue weighted by molar-refractivity contribution is -0.140. The average Bonchev–Trinajstić information content (AvgIpc) is 3.50. The molecule has 0 aliphatic heterocycles. The van der Waals surface area contributed by atoms with Gasteiger partial charge in [-0.2, -0.15) is 13.2 Å². The highest BCUT2D eigenvalue weighted by Crippen LogP contribution is 2.65. The van der Waals surface area contributed by atoms with Crippen LogP contribution in [0.2, 0.25) is 5.02 Å². The zero-order valence-corrected chi connectivity index (χ0v) is 26.1. The first-order valence-corrected chi connectivity index (χ1v) is 14.8. The van der Waals surface area contributed by atoms with Gasteiger partial charge >= 0.3 is 6.18 Å². The molecule has 3 aromatic carbocycles. The third-order valence-electron chi connectivity index (χ3n) is 6.79. The first-order chi connectivity index (χ1) is 20.4. The minimum Gasteiger partial charge on any atom is -0.326 e. The minimum atomic E-state index is -4.99. The van der Waals surface area contributed by atoms with Gasteiger partial charge in [-0.05, 0) is 48.0 Å². The van der Waals surface area contributed by atoms with Crippen molar-refractivity contribution in [2.75, 3.05) is 10.6 Å². The van der Waals surface area contributed by atoms with Crippen LogP contribution in [0.25, 0.3) is 0 Å². The van der Waals surface area contributed by atoms with Crippen LogP contribution in [-0.4, -0.2) is 26.8 Å². The van der Waals surface area contributed by atoms with Gasteiger partial charge in [0.1, 0.15) is 21.8 Å². The number of ketones is 1. The lowest BCUT2D eigenvalue weighted by Crippen LogP contribution is -2.19. The number of rotatable bonds is 9. The molecule has 3 atom stereocenters. The van der Waals surface area contributed by atoms with E-state index in [0.717, 1.165) is 24.3 Å². The third kappa shape index (κ3) is 7.35. The molecule has 0 bridgehead atoms. The standard InChI is InChI=1S/C29H20BrCl3F6N2O3/c1-12(30)8-15(42)11-17-20(34)6-7-22(25(17)36)41-26(43)16-10-14(3-4-19(16)31)40-27(44)24-23(28(24,32)33)13-2-5-21(35)18(9-13)29(37,38)39/h2-7,9-10,12,23-24H,8,11H2,1H3,(H,40,44)(H,41,43)/t12?,23-,24+/m0/s1. The highest BCUT2D eigenvalue weighted by atomic mass is 79.9. The molecule has 0 radical (unpaired) electrons. The van der Waals surface area contributed by atoms with E-state index in [9.17, 15) is 36.3 Å². The van der Waals surface area contributed by atoms with Gasteiger partial charge in [0.2, 0.25) is 5.91 Å². The van der Waals surface area contributed by atoms with Crippen molar-refractivity contribution in [3.05, 3.63) is 93.3 Å². The molecule has 1 fully saturated rings. The van der Waals surface area contributed by atoms with Gasteiger partial charge in [0.15, 0.2) is 5.82 Å². The molecule has 1 aliphatic carbocycles. The fourth-order valence-corrected chi connectivity index (χ4v) is 6.04. The summed E-state index contributed by atoms with van der Waals surface area (Å²) in [6.07, 6.45) is -5.51. The average molecular weight is 745 g/mol. The van der Waals surface area contributed by atoms with Crippen molar-refractivity contribution in [2.45, 2.75) is 41.0 Å². The van der Waals surface area contributed by atoms with E-state index < -0.39 is 80.6 Å². The number of amides is 2. The Labute approximate surface area is 270 Å². The summed E-state index contributed by atoms with van der Waals surface area (Å²) in [6.45, 7) is 1.70. The molecule has 0 spiro atoms. The van der Waals surface area contributed by atoms with E-state index in [0.29, 0.717) is 12.1 Å². The third-order valence-corrected chi connectivity index (χ3v) is 8.38. The number of hydrogen-bond acceptors (Lipinski definition) is 3. The zero-order valence-electron chi connectivity index (χ0n) is 22.3. The molecule has 0 saturated heterocycles. The number of halogens is 10. The highest BCUT2D eigenvalue weighted by Gasteiger charge is 2.67. The van der Waals surface area contributed by atoms with E-state index in [1.807, 2.05) is 0 Å². The molecule has 15 heteroatoms. The van der Waals surface area contributed by atoms with Crippen molar-refractivity contribution in [3.8, 4) is 0 Å². The molecule has 0 heterocycles. The molecular weight excluding hydrogens is 725 g/mol. The highest BCUT2D eigenvalue weighted by molar-refractivity contribution is 9.09. The van der Waals surface area contributed by atoms with Gasteiger partial charge in [-0.25, -0.2) is 13.2 Å². The van der Waals surface area contributed by atoms with Crippen LogP contribution in [0.5, 0.6) is 0 Å². The maximum absolute atomic E-state index is 15.1. The first-order valence-electron chi connectivity index (χ1n) is 12.7. The smallest absolute Gasteiger partial charge is 0.326 e. The van der Waals surface area contributed by atoms with Gasteiger partial charge in [0.05, 0.1) is 27.8 Å². The molecule has 0 aromatic heterocycles. The van der Waals surface area contributed by atoms with Crippen molar-refractivity contribution in [2.24, 2.45) is 5.92 Å². The Morgan fingerprint density at radius 1 is 0.977 bits per heavy atom. The van der Waals surface area contributed by atoms with Gasteiger partial charge < -0.3 is 10.6 Å². The van der Waals surface area contributed by atoms with Crippen LogP contribution in [-0.2, 0) is 22.2 Å². The van der Waals surface area contributed by atoms with E-state index in [2.05, 4.69) is 26.6 Å². The number of hydrogen-bond donors (Lipinski definition) is 2. The molecule has 5 nitrogen and oxygen atoms in total. The molecule has 2 N–H and O–H groups in total. The van der Waals surface area contributed by atoms with Crippen LogP contribution in [0.15, 0.2) is 48.5 Å². The number of benzene rings is 3. The Morgan fingerprint density at radius 2 is 1.64 bits per heavy atom. The maximum atomic E-state index is 15.1. The Kier molecular flexibility index (Phi) is 9.99. The van der Waals surface area contributed by atoms with Crippen LogP contribution in [0, 0.1) is 23.4 Å². The van der Waals surface area contributed by atoms with Crippen molar-refractivity contribution in [1.82, 2.24) is 0 Å². The van der Waals surface area contributed by atoms with E-state index in [-0.39, 0.29) is 33.1 Å². The normalized spacial score (nSPS) is 18.0. The monoisotopic (exact) mass is 742 g/mol. The fraction of sp³-hybridized carbons (Fsp3) is 0.276. The molecule has 1 aliphatic rings. The van der Waals surface area contributed by atoms with E-state index in [1.165, 1.54) is 12.1 Å². The second-order valence-electron chi connectivity index (χ2n) is 10.1. The Bertz CT molecular complexity index is 1650. The lowest BCUT2D eigenvalue weighted by Gasteiger charge is -2.13. The van der Waals surface area contributed by atoms with Crippen molar-refractivity contribution in [1.29, 1.82) is 0 Å². The second kappa shape index (κ2) is 12.9. The van der Waals surface area contributed by atoms with Gasteiger partial charge in [0.25, 0.3) is 5.91 Å². The number of nitrogens with one attached hydrogen (secondary N) is 2. The van der Waals surface area contributed by atoms with Crippen LogP contribution < -0.4 is 10.6 Å². The number of Topliss-reactive ketones (excluding diaryl/α,β-unsaturated/α-hetero) is 1. The summed E-state index contributed by atoms with van der Waals surface area (Å²) >= 11 is 21.8. The molecule has 1 saturated carbocycles. The largest absolute Gasteiger partial charge is 0.419 e. The van der Waals surface area contributed by atoms with Crippen molar-refractivity contribution in [3.63, 3.8) is 0 Å². The van der Waals surface area contributed by atoms with Gasteiger partial charge in [-0.3, -0.25) is 14.4 Å². The zero-order chi connectivity index (χ0) is 32.7. The second-order valence-corrected chi connectivity index (χ2v) is 13.5. The number of anilines is 2. The predicted octanol–water partition coefficient (Wildman–Crippen LogP) is 8.84. The summed E-state index contributed by atoms with van der Waals surface area (Å²) in [4.78, 5) is 38.0. The Morgan fingerprint density at radius 3 is 2.27 bits per heavy atom. The Hall–Kier alpha value is -2.80. The molecule has 4 rings (SSSR count). The first kappa shape index (κ1) is 34.1. The van der Waals surface area contributed by atoms with Crippen molar-refractivity contribution >= 4 is 79.7 Å². The van der Waals surface area contributed by atoms with Crippen LogP contribution in [0.4, 0.5) is 37.7 Å². The molecule has 44 heavy (non-hydrogen) atoms. The number of carbonyl (C=O) groups excluding carboxylic acids is 3. The summed E-state index contributed by atoms with van der Waals surface area (Å²) in [5.74, 6) is -8.16. The van der Waals surface area contributed by atoms with E-state index >= 15 is 4.39 Å². The quantitative estimate of drug-likeness (QED) is 0.170. The van der Waals surface area contributed by atoms with Crippen LogP contribution >= 0.6 is 50.7 Å². The number of carbonyl (C=O) groups is 3. The molecular formula is C29H20BrCl3F6N2O3. The topological polar surface area (TPSA) is 75.3 Å². The van der Waals surface area contributed by atoms with Crippen molar-refractivity contribution < 1.29 is 40.7 Å². The summed E-state index contributed by atoms with van der Waals surface area (Å²) in [5, 5.41) is 4.62. The fourth-order valence-electron chi connectivity index (χ4n) is 4.65. The summed E-state index contributed by atoms with van der Waals surface area (Å²) in [5.41, 5.74) is -2.83. The van der Waals surface area contributed by atoms with Gasteiger partial charge in [-0.15, -0.1) is 23.2 Å². The van der Waals surface area contributed by atoms with Gasteiger partial charge in [-0.1, -0.05) is 40.5 Å². The van der Waals surface area contributed by atoms with E-state index in [4.69, 9.17) is 34.8 Å². The molecule has 2 amide bonds. The Balaban J connectivity index is 1.51. The van der Waals surface area contributed by atoms with E-state index in [1.54, 1.807) is 6.92 Å². The lowest BCUT2D eigenvalue weighted by atomic mass is 10.0. The van der Waals surface area contributed by atoms with Gasteiger partial charge in [0, 0.05) is 34.8 Å². The number of alkyl halides is 6. The predicted molar refractivity (Wildman–Crippen MR) is 158 cm³/mol. The summed E-state index contributed by atoms with van der Waals surface area (Å²) < 4.78 is 80.9. The summed E-state index contributed by atoms with van der Waals surface area (Å²) in [7, 11) is 0. The minimum absolute atomic E-state index is 0.00387. The molecule has 1 unspecified atom stereocenters. The van der Waals surface area contributed by atoms with Crippen LogP contribution in [0.3, 0.4) is 0 Å². The summed E-state index contributed by atoms with van der Waals surface area (Å²) in [6, 6.07) is 7.75. The maximum Gasteiger partial charge on any atom is 0.419 e. The SMILES string of the molecule is CC(Br)CC(=O)Cc1c(F)ccc(NC(=O)c2cc(NC(=O)[C@H]3[C@H](c4ccc(F)c(C(F)(F)F)c4)C3(Cl)Cl)ccc2Cl)c1F.